The van der Waals surface area contributed by atoms with Crippen LogP contribution in [-0.4, -0.2) is 40.4 Å². The molecule has 0 radical (unpaired) electrons. The van der Waals surface area contributed by atoms with Gasteiger partial charge in [-0.15, -0.1) is 0 Å². The molecule has 0 bridgehead atoms. The Labute approximate surface area is 159 Å². The molecule has 1 aliphatic heterocycles. The van der Waals surface area contributed by atoms with Crippen molar-refractivity contribution in [2.75, 3.05) is 11.9 Å². The van der Waals surface area contributed by atoms with Gasteiger partial charge in [0.2, 0.25) is 5.91 Å². The van der Waals surface area contributed by atoms with Crippen LogP contribution in [0, 0.1) is 11.8 Å². The Morgan fingerprint density at radius 2 is 1.59 bits per heavy atom. The smallest absolute Gasteiger partial charge is 0.306 e. The topological polar surface area (TPSA) is 86.7 Å². The summed E-state index contributed by atoms with van der Waals surface area (Å²) >= 11 is 0. The van der Waals surface area contributed by atoms with Crippen molar-refractivity contribution >= 4 is 23.5 Å². The van der Waals surface area contributed by atoms with Crippen molar-refractivity contribution in [1.29, 1.82) is 0 Å². The first-order valence-electron chi connectivity index (χ1n) is 9.90. The van der Waals surface area contributed by atoms with E-state index in [0.717, 1.165) is 19.4 Å². The zero-order valence-corrected chi connectivity index (χ0v) is 15.8. The summed E-state index contributed by atoms with van der Waals surface area (Å²) in [7, 11) is 0. The first kappa shape index (κ1) is 19.4. The lowest BCUT2D eigenvalue weighted by Gasteiger charge is -2.33. The number of aliphatic carboxylic acids is 1. The Balaban J connectivity index is 1.55. The van der Waals surface area contributed by atoms with E-state index in [-0.39, 0.29) is 29.7 Å². The van der Waals surface area contributed by atoms with Gasteiger partial charge in [0.25, 0.3) is 5.91 Å². The van der Waals surface area contributed by atoms with Gasteiger partial charge in [-0.25, -0.2) is 0 Å². The fourth-order valence-electron chi connectivity index (χ4n) is 4.11. The molecule has 1 unspecified atom stereocenters. The molecule has 6 heteroatoms. The van der Waals surface area contributed by atoms with Gasteiger partial charge in [0.05, 0.1) is 5.92 Å². The number of hydrogen-bond acceptors (Lipinski definition) is 3. The summed E-state index contributed by atoms with van der Waals surface area (Å²) in [5, 5.41) is 11.9. The third-order valence-corrected chi connectivity index (χ3v) is 5.91. The normalized spacial score (nSPS) is 25.7. The van der Waals surface area contributed by atoms with Crippen molar-refractivity contribution in [1.82, 2.24) is 4.90 Å². The van der Waals surface area contributed by atoms with Crippen LogP contribution in [0.25, 0.3) is 0 Å². The van der Waals surface area contributed by atoms with E-state index in [4.69, 9.17) is 5.11 Å². The summed E-state index contributed by atoms with van der Waals surface area (Å²) in [5.41, 5.74) is 1.31. The second-order valence-corrected chi connectivity index (χ2v) is 7.80. The Hall–Kier alpha value is -2.37. The van der Waals surface area contributed by atoms with Crippen molar-refractivity contribution in [3.8, 4) is 0 Å². The quantitative estimate of drug-likeness (QED) is 0.846. The van der Waals surface area contributed by atoms with Crippen LogP contribution in [0.15, 0.2) is 24.3 Å². The van der Waals surface area contributed by atoms with E-state index in [1.54, 1.807) is 24.3 Å². The molecule has 6 nitrogen and oxygen atoms in total. The van der Waals surface area contributed by atoms with E-state index in [9.17, 15) is 14.4 Å². The second kappa shape index (κ2) is 8.55. The molecule has 1 saturated heterocycles. The number of benzene rings is 1. The lowest BCUT2D eigenvalue weighted by atomic mass is 9.81. The fraction of sp³-hybridized carbons (Fsp3) is 0.571. The Bertz CT molecular complexity index is 693. The highest BCUT2D eigenvalue weighted by Gasteiger charge is 2.30. The Kier molecular flexibility index (Phi) is 6.14. The zero-order chi connectivity index (χ0) is 19.4. The highest BCUT2D eigenvalue weighted by molar-refractivity contribution is 5.96. The number of carbonyl (C=O) groups is 3. The highest BCUT2D eigenvalue weighted by atomic mass is 16.4. The number of nitrogens with zero attached hydrogens (tertiary/aromatic N) is 1. The summed E-state index contributed by atoms with van der Waals surface area (Å²) in [6, 6.07) is 7.33. The fourth-order valence-corrected chi connectivity index (χ4v) is 4.11. The lowest BCUT2D eigenvalue weighted by Crippen LogP contribution is -2.42. The molecule has 146 valence electrons. The number of piperidine rings is 1. The van der Waals surface area contributed by atoms with Gasteiger partial charge in [0.15, 0.2) is 0 Å². The van der Waals surface area contributed by atoms with E-state index in [1.165, 1.54) is 6.42 Å². The van der Waals surface area contributed by atoms with Gasteiger partial charge in [0.1, 0.15) is 0 Å². The number of rotatable bonds is 4. The van der Waals surface area contributed by atoms with E-state index in [2.05, 4.69) is 12.2 Å². The highest BCUT2D eigenvalue weighted by Crippen LogP contribution is 2.30. The minimum Gasteiger partial charge on any atom is -0.481 e. The molecule has 2 fully saturated rings. The number of hydrogen-bond donors (Lipinski definition) is 2. The maximum absolute atomic E-state index is 12.7. The molecule has 0 spiro atoms. The van der Waals surface area contributed by atoms with Crippen molar-refractivity contribution in [2.24, 2.45) is 11.8 Å². The Morgan fingerprint density at radius 3 is 2.19 bits per heavy atom. The third kappa shape index (κ3) is 4.67. The van der Waals surface area contributed by atoms with Crippen molar-refractivity contribution in [3.63, 3.8) is 0 Å². The van der Waals surface area contributed by atoms with Gasteiger partial charge in [-0.2, -0.15) is 0 Å². The number of anilines is 1. The van der Waals surface area contributed by atoms with Crippen LogP contribution < -0.4 is 5.32 Å². The van der Waals surface area contributed by atoms with Gasteiger partial charge in [-0.1, -0.05) is 0 Å². The van der Waals surface area contributed by atoms with Gasteiger partial charge in [-0.05, 0) is 76.1 Å². The van der Waals surface area contributed by atoms with Crippen LogP contribution in [0.2, 0.25) is 0 Å². The SMILES string of the molecule is CC1CCCCN1C(=O)c1ccc(NC(=O)C2CCC(C(=O)O)CC2)cc1. The van der Waals surface area contributed by atoms with Crippen LogP contribution in [0.1, 0.15) is 62.2 Å². The number of nitrogens with one attached hydrogen (secondary N) is 1. The summed E-state index contributed by atoms with van der Waals surface area (Å²) in [5.74, 6) is -1.25. The van der Waals surface area contributed by atoms with E-state index >= 15 is 0 Å². The summed E-state index contributed by atoms with van der Waals surface area (Å²) < 4.78 is 0. The van der Waals surface area contributed by atoms with Crippen molar-refractivity contribution < 1.29 is 19.5 Å². The van der Waals surface area contributed by atoms with Crippen molar-refractivity contribution in [3.05, 3.63) is 29.8 Å². The van der Waals surface area contributed by atoms with Gasteiger partial charge in [-0.3, -0.25) is 14.4 Å². The average Bonchev–Trinajstić information content (AvgIpc) is 2.68. The standard InChI is InChI=1S/C21H28N2O4/c1-14-4-2-3-13-23(14)20(25)16-9-11-18(12-10-16)22-19(24)15-5-7-17(8-6-15)21(26)27/h9-12,14-15,17H,2-8,13H2,1H3,(H,22,24)(H,26,27). The molecule has 2 amide bonds. The maximum Gasteiger partial charge on any atom is 0.306 e. The van der Waals surface area contributed by atoms with Crippen molar-refractivity contribution in [2.45, 2.75) is 57.9 Å². The molecule has 3 rings (SSSR count). The van der Waals surface area contributed by atoms with Crippen LogP contribution >= 0.6 is 0 Å². The molecule has 1 atom stereocenters. The Morgan fingerprint density at radius 1 is 0.963 bits per heavy atom. The molecule has 1 aromatic carbocycles. The summed E-state index contributed by atoms with van der Waals surface area (Å²) in [4.78, 5) is 38.0. The molecule has 0 aromatic heterocycles. The number of carbonyl (C=O) groups excluding carboxylic acids is 2. The zero-order valence-electron chi connectivity index (χ0n) is 15.8. The average molecular weight is 372 g/mol. The van der Waals surface area contributed by atoms with E-state index < -0.39 is 5.97 Å². The molecular formula is C21H28N2O4. The number of carboxylic acid groups (broad SMARTS) is 1. The predicted octanol–water partition coefficient (Wildman–Crippen LogP) is 3.53. The van der Waals surface area contributed by atoms with Gasteiger partial charge in [0, 0.05) is 29.8 Å². The number of carboxylic acids is 1. The third-order valence-electron chi connectivity index (χ3n) is 5.91. The minimum atomic E-state index is -0.767. The minimum absolute atomic E-state index is 0.0482. The molecule has 2 N–H and O–H groups in total. The van der Waals surface area contributed by atoms with Gasteiger partial charge < -0.3 is 15.3 Å². The van der Waals surface area contributed by atoms with Crippen LogP contribution in [-0.2, 0) is 9.59 Å². The van der Waals surface area contributed by atoms with Crippen LogP contribution in [0.3, 0.4) is 0 Å². The lowest BCUT2D eigenvalue weighted by molar-refractivity contribution is -0.143. The van der Waals surface area contributed by atoms with Crippen LogP contribution in [0.4, 0.5) is 5.69 Å². The molecule has 1 saturated carbocycles. The van der Waals surface area contributed by atoms with E-state index in [1.807, 2.05) is 4.90 Å². The molecule has 1 heterocycles. The van der Waals surface area contributed by atoms with Crippen LogP contribution in [0.5, 0.6) is 0 Å². The largest absolute Gasteiger partial charge is 0.481 e. The molecule has 1 aromatic rings. The first-order valence-corrected chi connectivity index (χ1v) is 9.90. The monoisotopic (exact) mass is 372 g/mol. The summed E-state index contributed by atoms with van der Waals surface area (Å²) in [6.45, 7) is 2.89. The first-order chi connectivity index (χ1) is 13.0. The molecule has 2 aliphatic rings. The predicted molar refractivity (Wildman–Crippen MR) is 103 cm³/mol. The summed E-state index contributed by atoms with van der Waals surface area (Å²) in [6.07, 6.45) is 5.57. The van der Waals surface area contributed by atoms with E-state index in [0.29, 0.717) is 36.9 Å². The molecule has 1 aliphatic carbocycles. The van der Waals surface area contributed by atoms with Gasteiger partial charge >= 0.3 is 5.97 Å². The number of likely N-dealkylation sites (tertiary alicyclic amines) is 1. The maximum atomic E-state index is 12.7. The number of amides is 2. The second-order valence-electron chi connectivity index (χ2n) is 7.80. The molecule has 27 heavy (non-hydrogen) atoms. The molecular weight excluding hydrogens is 344 g/mol.